The number of hydrogen-bond acceptors (Lipinski definition) is 2. The van der Waals surface area contributed by atoms with Gasteiger partial charge in [0.25, 0.3) is 0 Å². The highest BCUT2D eigenvalue weighted by molar-refractivity contribution is 7.92. The Balaban J connectivity index is 4.33. The van der Waals surface area contributed by atoms with Crippen molar-refractivity contribution in [3.63, 3.8) is 0 Å². The Hall–Kier alpha value is 0.240. The minimum Gasteiger partial charge on any atom is -0.228 e. The fourth-order valence-corrected chi connectivity index (χ4v) is 3.09. The Morgan fingerprint density at radius 1 is 1.19 bits per heavy atom. The summed E-state index contributed by atoms with van der Waals surface area (Å²) in [5.41, 5.74) is 0. The molecule has 2 nitrogen and oxygen atoms in total. The Bertz CT molecular complexity index is 289. The molecule has 0 N–H and O–H groups in total. The van der Waals surface area contributed by atoms with Crippen LogP contribution in [0.5, 0.6) is 0 Å². The molecule has 0 fully saturated rings. The Kier molecular flexibility index (Phi) is 6.34. The van der Waals surface area contributed by atoms with Crippen molar-refractivity contribution in [2.75, 3.05) is 11.6 Å². The van der Waals surface area contributed by atoms with Crippen molar-refractivity contribution in [2.45, 2.75) is 52.2 Å². The lowest BCUT2D eigenvalue weighted by Crippen LogP contribution is -2.31. The summed E-state index contributed by atoms with van der Waals surface area (Å²) in [6, 6.07) is 0. The van der Waals surface area contributed by atoms with Gasteiger partial charge in [-0.05, 0) is 45.4 Å². The van der Waals surface area contributed by atoms with E-state index in [4.69, 9.17) is 11.6 Å². The molecule has 1 unspecified atom stereocenters. The molecule has 0 bridgehead atoms. The lowest BCUT2D eigenvalue weighted by molar-refractivity contribution is 0.430. The Morgan fingerprint density at radius 3 is 2.00 bits per heavy atom. The molecule has 0 rings (SSSR count). The van der Waals surface area contributed by atoms with Gasteiger partial charge in [0.15, 0.2) is 9.84 Å². The van der Waals surface area contributed by atoms with Crippen molar-refractivity contribution in [2.24, 2.45) is 11.8 Å². The van der Waals surface area contributed by atoms with E-state index in [2.05, 4.69) is 13.8 Å². The number of hydrogen-bond donors (Lipinski definition) is 0. The highest BCUT2D eigenvalue weighted by Crippen LogP contribution is 2.22. The molecule has 0 aliphatic heterocycles. The van der Waals surface area contributed by atoms with E-state index >= 15 is 0 Å². The van der Waals surface area contributed by atoms with Crippen LogP contribution in [-0.2, 0) is 9.84 Å². The quantitative estimate of drug-likeness (QED) is 0.691. The van der Waals surface area contributed by atoms with E-state index in [-0.39, 0.29) is 5.75 Å². The van der Waals surface area contributed by atoms with Gasteiger partial charge in [-0.1, -0.05) is 13.8 Å². The number of sulfone groups is 1. The van der Waals surface area contributed by atoms with Crippen molar-refractivity contribution >= 4 is 21.4 Å². The number of alkyl halides is 1. The van der Waals surface area contributed by atoms with Crippen LogP contribution in [0.1, 0.15) is 47.5 Å². The van der Waals surface area contributed by atoms with Gasteiger partial charge in [0.1, 0.15) is 0 Å². The SMILES string of the molecule is CC(C)CC(CCl)CCS(=O)(=O)C(C)(C)C. The van der Waals surface area contributed by atoms with Gasteiger partial charge in [-0.25, -0.2) is 8.42 Å². The summed E-state index contributed by atoms with van der Waals surface area (Å²) in [5.74, 6) is 1.69. The van der Waals surface area contributed by atoms with Crippen molar-refractivity contribution in [1.82, 2.24) is 0 Å². The van der Waals surface area contributed by atoms with Crippen LogP contribution in [0.4, 0.5) is 0 Å². The van der Waals surface area contributed by atoms with E-state index in [1.54, 1.807) is 20.8 Å². The Labute approximate surface area is 106 Å². The van der Waals surface area contributed by atoms with Crippen LogP contribution < -0.4 is 0 Å². The molecule has 0 heterocycles. The maximum absolute atomic E-state index is 11.9. The topological polar surface area (TPSA) is 34.1 Å². The first-order valence-electron chi connectivity index (χ1n) is 5.88. The summed E-state index contributed by atoms with van der Waals surface area (Å²) in [6.07, 6.45) is 1.68. The van der Waals surface area contributed by atoms with Crippen LogP contribution >= 0.6 is 11.6 Å². The Morgan fingerprint density at radius 2 is 1.69 bits per heavy atom. The first-order valence-corrected chi connectivity index (χ1v) is 8.07. The molecule has 0 spiro atoms. The zero-order chi connectivity index (χ0) is 13.0. The van der Waals surface area contributed by atoms with E-state index in [1.807, 2.05) is 0 Å². The summed E-state index contributed by atoms with van der Waals surface area (Å²) in [7, 11) is -3.00. The molecule has 0 saturated heterocycles. The number of rotatable bonds is 6. The molecule has 16 heavy (non-hydrogen) atoms. The lowest BCUT2D eigenvalue weighted by Gasteiger charge is -2.22. The molecule has 0 aliphatic carbocycles. The van der Waals surface area contributed by atoms with Gasteiger partial charge < -0.3 is 0 Å². The molecule has 98 valence electrons. The zero-order valence-electron chi connectivity index (χ0n) is 11.1. The second-order valence-corrected chi connectivity index (χ2v) is 9.04. The van der Waals surface area contributed by atoms with Gasteiger partial charge in [-0.2, -0.15) is 0 Å². The van der Waals surface area contributed by atoms with Gasteiger partial charge in [-0.3, -0.25) is 0 Å². The average molecular weight is 269 g/mol. The standard InChI is InChI=1S/C12H25ClO2S/c1-10(2)8-11(9-13)6-7-16(14,15)12(3,4)5/h10-11H,6-9H2,1-5H3. The average Bonchev–Trinajstić information content (AvgIpc) is 2.09. The van der Waals surface area contributed by atoms with Crippen LogP contribution in [0.15, 0.2) is 0 Å². The third-order valence-corrected chi connectivity index (χ3v) is 5.83. The molecule has 0 radical (unpaired) electrons. The van der Waals surface area contributed by atoms with Crippen LogP contribution in [-0.4, -0.2) is 24.8 Å². The first-order chi connectivity index (χ1) is 7.10. The first kappa shape index (κ1) is 16.2. The van der Waals surface area contributed by atoms with Crippen molar-refractivity contribution in [3.8, 4) is 0 Å². The van der Waals surface area contributed by atoms with E-state index in [1.165, 1.54) is 0 Å². The third-order valence-electron chi connectivity index (χ3n) is 2.75. The molecule has 0 aromatic heterocycles. The van der Waals surface area contributed by atoms with E-state index in [9.17, 15) is 8.42 Å². The van der Waals surface area contributed by atoms with Crippen molar-refractivity contribution in [1.29, 1.82) is 0 Å². The molecular formula is C12H25ClO2S. The maximum Gasteiger partial charge on any atom is 0.155 e. The lowest BCUT2D eigenvalue weighted by atomic mass is 9.97. The van der Waals surface area contributed by atoms with Gasteiger partial charge in [0.2, 0.25) is 0 Å². The molecule has 0 saturated carbocycles. The van der Waals surface area contributed by atoms with E-state index in [0.717, 1.165) is 6.42 Å². The fourth-order valence-electron chi connectivity index (χ4n) is 1.55. The predicted octanol–water partition coefficient (Wildman–Crippen LogP) is 3.49. The van der Waals surface area contributed by atoms with E-state index in [0.29, 0.717) is 24.1 Å². The molecule has 0 aromatic carbocycles. The molecule has 4 heteroatoms. The molecular weight excluding hydrogens is 244 g/mol. The fraction of sp³-hybridized carbons (Fsp3) is 1.00. The monoisotopic (exact) mass is 268 g/mol. The van der Waals surface area contributed by atoms with Crippen LogP contribution in [0, 0.1) is 11.8 Å². The van der Waals surface area contributed by atoms with Crippen LogP contribution in [0.2, 0.25) is 0 Å². The van der Waals surface area contributed by atoms with Gasteiger partial charge >= 0.3 is 0 Å². The second-order valence-electron chi connectivity index (χ2n) is 5.87. The maximum atomic E-state index is 11.9. The molecule has 0 aromatic rings. The zero-order valence-corrected chi connectivity index (χ0v) is 12.7. The second kappa shape index (κ2) is 6.25. The van der Waals surface area contributed by atoms with Gasteiger partial charge in [-0.15, -0.1) is 11.6 Å². The van der Waals surface area contributed by atoms with Crippen LogP contribution in [0.3, 0.4) is 0 Å². The number of halogens is 1. The summed E-state index contributed by atoms with van der Waals surface area (Å²) in [5, 5.41) is 0. The van der Waals surface area contributed by atoms with Crippen molar-refractivity contribution < 1.29 is 8.42 Å². The highest BCUT2D eigenvalue weighted by atomic mass is 35.5. The van der Waals surface area contributed by atoms with Crippen LogP contribution in [0.25, 0.3) is 0 Å². The van der Waals surface area contributed by atoms with Gasteiger partial charge in [0.05, 0.1) is 10.5 Å². The van der Waals surface area contributed by atoms with Crippen molar-refractivity contribution in [3.05, 3.63) is 0 Å². The predicted molar refractivity (Wildman–Crippen MR) is 71.8 cm³/mol. The summed E-state index contributed by atoms with van der Waals surface area (Å²) in [6.45, 7) is 9.52. The summed E-state index contributed by atoms with van der Waals surface area (Å²) in [4.78, 5) is 0. The molecule has 1 atom stereocenters. The molecule has 0 aliphatic rings. The highest BCUT2D eigenvalue weighted by Gasteiger charge is 2.29. The molecule has 0 amide bonds. The summed E-state index contributed by atoms with van der Waals surface area (Å²) >= 11 is 5.86. The smallest absolute Gasteiger partial charge is 0.155 e. The summed E-state index contributed by atoms with van der Waals surface area (Å²) < 4.78 is 23.2. The van der Waals surface area contributed by atoms with E-state index < -0.39 is 14.6 Å². The minimum absolute atomic E-state index is 0.251. The minimum atomic E-state index is -3.00. The largest absolute Gasteiger partial charge is 0.228 e. The normalized spacial score (nSPS) is 15.4. The third kappa shape index (κ3) is 5.53. The van der Waals surface area contributed by atoms with Gasteiger partial charge in [0, 0.05) is 5.88 Å².